The number of hydrogen-bond donors (Lipinski definition) is 1. The largest absolute Gasteiger partial charge is 0.464 e. The lowest BCUT2D eigenvalue weighted by Gasteiger charge is -2.05. The van der Waals surface area contributed by atoms with E-state index in [1.54, 1.807) is 11.8 Å². The Morgan fingerprint density at radius 2 is 2.07 bits per heavy atom. The van der Waals surface area contributed by atoms with Gasteiger partial charge < -0.3 is 10.5 Å². The van der Waals surface area contributed by atoms with Gasteiger partial charge >= 0.3 is 5.97 Å². The summed E-state index contributed by atoms with van der Waals surface area (Å²) in [5, 5.41) is 0.256. The molecule has 4 heteroatoms. The summed E-state index contributed by atoms with van der Waals surface area (Å²) >= 11 is 1.66. The van der Waals surface area contributed by atoms with Crippen LogP contribution < -0.4 is 5.73 Å². The van der Waals surface area contributed by atoms with Crippen LogP contribution in [0.3, 0.4) is 0 Å². The van der Waals surface area contributed by atoms with E-state index in [9.17, 15) is 4.79 Å². The SMILES string of the molecule is Nc1ccc(SC2COC(=O)C2)cc1. The molecule has 2 rings (SSSR count). The summed E-state index contributed by atoms with van der Waals surface area (Å²) in [6.45, 7) is 0.522. The summed E-state index contributed by atoms with van der Waals surface area (Å²) < 4.78 is 4.88. The van der Waals surface area contributed by atoms with E-state index in [1.807, 2.05) is 24.3 Å². The van der Waals surface area contributed by atoms with Crippen LogP contribution >= 0.6 is 11.8 Å². The molecule has 1 aromatic carbocycles. The van der Waals surface area contributed by atoms with Crippen molar-refractivity contribution >= 4 is 23.4 Å². The van der Waals surface area contributed by atoms with Gasteiger partial charge in [0.2, 0.25) is 0 Å². The normalized spacial score (nSPS) is 20.9. The van der Waals surface area contributed by atoms with E-state index in [2.05, 4.69) is 0 Å². The fraction of sp³-hybridized carbons (Fsp3) is 0.300. The lowest BCUT2D eigenvalue weighted by atomic mass is 10.3. The maximum atomic E-state index is 10.8. The molecule has 1 aromatic rings. The van der Waals surface area contributed by atoms with Crippen molar-refractivity contribution in [2.24, 2.45) is 0 Å². The van der Waals surface area contributed by atoms with Crippen molar-refractivity contribution < 1.29 is 9.53 Å². The zero-order valence-electron chi connectivity index (χ0n) is 7.60. The minimum absolute atomic E-state index is 0.0991. The van der Waals surface area contributed by atoms with Crippen LogP contribution in [0.25, 0.3) is 0 Å². The number of rotatable bonds is 2. The third-order valence-electron chi connectivity index (χ3n) is 2.01. The van der Waals surface area contributed by atoms with Crippen LogP contribution in [0, 0.1) is 0 Å². The van der Waals surface area contributed by atoms with Crippen molar-refractivity contribution in [1.82, 2.24) is 0 Å². The van der Waals surface area contributed by atoms with Crippen molar-refractivity contribution in [3.05, 3.63) is 24.3 Å². The van der Waals surface area contributed by atoms with Gasteiger partial charge in [-0.1, -0.05) is 0 Å². The number of carbonyl (C=O) groups excluding carboxylic acids is 1. The Kier molecular flexibility index (Phi) is 2.63. The number of esters is 1. The summed E-state index contributed by atoms with van der Waals surface area (Å²) in [5.41, 5.74) is 6.33. The van der Waals surface area contributed by atoms with Gasteiger partial charge in [0.25, 0.3) is 0 Å². The Morgan fingerprint density at radius 1 is 1.36 bits per heavy atom. The van der Waals surface area contributed by atoms with Gasteiger partial charge in [0.15, 0.2) is 0 Å². The number of ether oxygens (including phenoxy) is 1. The number of benzene rings is 1. The Labute approximate surface area is 86.6 Å². The smallest absolute Gasteiger partial charge is 0.307 e. The van der Waals surface area contributed by atoms with E-state index >= 15 is 0 Å². The number of thioether (sulfide) groups is 1. The second-order valence-corrected chi connectivity index (χ2v) is 4.57. The molecule has 0 radical (unpaired) electrons. The monoisotopic (exact) mass is 209 g/mol. The first-order valence-electron chi connectivity index (χ1n) is 4.42. The molecule has 2 N–H and O–H groups in total. The molecule has 0 bridgehead atoms. The zero-order valence-corrected chi connectivity index (χ0v) is 8.42. The van der Waals surface area contributed by atoms with Crippen LogP contribution in [0.15, 0.2) is 29.2 Å². The highest BCUT2D eigenvalue weighted by atomic mass is 32.2. The Morgan fingerprint density at radius 3 is 2.64 bits per heavy atom. The fourth-order valence-corrected chi connectivity index (χ4v) is 2.34. The van der Waals surface area contributed by atoms with Gasteiger partial charge in [0, 0.05) is 10.6 Å². The molecule has 1 heterocycles. The Bertz CT molecular complexity index is 336. The Hall–Kier alpha value is -1.16. The van der Waals surface area contributed by atoms with Crippen LogP contribution in [0.2, 0.25) is 0 Å². The lowest BCUT2D eigenvalue weighted by Crippen LogP contribution is -2.00. The molecule has 0 saturated carbocycles. The number of nitrogen functional groups attached to an aromatic ring is 1. The second kappa shape index (κ2) is 3.92. The number of carbonyl (C=O) groups is 1. The molecule has 14 heavy (non-hydrogen) atoms. The molecule has 0 amide bonds. The van der Waals surface area contributed by atoms with Crippen molar-refractivity contribution in [1.29, 1.82) is 0 Å². The molecule has 0 aromatic heterocycles. The molecule has 1 aliphatic rings. The summed E-state index contributed by atoms with van der Waals surface area (Å²) in [7, 11) is 0. The van der Waals surface area contributed by atoms with Gasteiger partial charge in [-0.15, -0.1) is 11.8 Å². The molecule has 1 aliphatic heterocycles. The van der Waals surface area contributed by atoms with Crippen LogP contribution in [-0.2, 0) is 9.53 Å². The number of anilines is 1. The van der Waals surface area contributed by atoms with E-state index in [1.165, 1.54) is 0 Å². The van der Waals surface area contributed by atoms with Gasteiger partial charge in [-0.3, -0.25) is 4.79 Å². The predicted octanol–water partition coefficient (Wildman–Crippen LogP) is 1.68. The van der Waals surface area contributed by atoms with E-state index in [4.69, 9.17) is 10.5 Å². The van der Waals surface area contributed by atoms with Gasteiger partial charge in [-0.2, -0.15) is 0 Å². The number of hydrogen-bond acceptors (Lipinski definition) is 4. The lowest BCUT2D eigenvalue weighted by molar-refractivity contribution is -0.137. The van der Waals surface area contributed by atoms with Gasteiger partial charge in [0.05, 0.1) is 11.7 Å². The molecular weight excluding hydrogens is 198 g/mol. The van der Waals surface area contributed by atoms with Crippen LogP contribution in [0.5, 0.6) is 0 Å². The summed E-state index contributed by atoms with van der Waals surface area (Å²) in [6, 6.07) is 7.64. The average Bonchev–Trinajstić information content (AvgIpc) is 2.56. The summed E-state index contributed by atoms with van der Waals surface area (Å²) in [5.74, 6) is -0.0991. The first-order valence-corrected chi connectivity index (χ1v) is 5.30. The second-order valence-electron chi connectivity index (χ2n) is 3.20. The quantitative estimate of drug-likeness (QED) is 0.594. The minimum atomic E-state index is -0.0991. The minimum Gasteiger partial charge on any atom is -0.464 e. The third kappa shape index (κ3) is 2.20. The first kappa shape index (κ1) is 9.40. The molecule has 3 nitrogen and oxygen atoms in total. The maximum Gasteiger partial charge on any atom is 0.307 e. The van der Waals surface area contributed by atoms with E-state index in [0.717, 1.165) is 10.6 Å². The topological polar surface area (TPSA) is 52.3 Å². The standard InChI is InChI=1S/C10H11NO2S/c11-7-1-3-8(4-2-7)14-9-5-10(12)13-6-9/h1-4,9H,5-6,11H2. The third-order valence-corrected chi connectivity index (χ3v) is 3.19. The molecular formula is C10H11NO2S. The number of nitrogens with two attached hydrogens (primary N) is 1. The molecule has 1 saturated heterocycles. The molecule has 0 aliphatic carbocycles. The zero-order chi connectivity index (χ0) is 9.97. The van der Waals surface area contributed by atoms with E-state index in [0.29, 0.717) is 13.0 Å². The molecule has 0 spiro atoms. The molecule has 1 atom stereocenters. The highest BCUT2D eigenvalue weighted by Gasteiger charge is 2.24. The van der Waals surface area contributed by atoms with E-state index in [-0.39, 0.29) is 11.2 Å². The predicted molar refractivity (Wildman–Crippen MR) is 56.1 cm³/mol. The van der Waals surface area contributed by atoms with Crippen molar-refractivity contribution in [2.75, 3.05) is 12.3 Å². The average molecular weight is 209 g/mol. The fourth-order valence-electron chi connectivity index (χ4n) is 1.30. The Balaban J connectivity index is 1.97. The van der Waals surface area contributed by atoms with Crippen LogP contribution in [0.1, 0.15) is 6.42 Å². The van der Waals surface area contributed by atoms with Crippen molar-refractivity contribution in [3.8, 4) is 0 Å². The maximum absolute atomic E-state index is 10.8. The van der Waals surface area contributed by atoms with Crippen LogP contribution in [0.4, 0.5) is 5.69 Å². The summed E-state index contributed by atoms with van der Waals surface area (Å²) in [4.78, 5) is 12.0. The summed E-state index contributed by atoms with van der Waals surface area (Å²) in [6.07, 6.45) is 0.509. The van der Waals surface area contributed by atoms with Gasteiger partial charge in [0.1, 0.15) is 6.61 Å². The highest BCUT2D eigenvalue weighted by Crippen LogP contribution is 2.29. The van der Waals surface area contributed by atoms with Gasteiger partial charge in [-0.25, -0.2) is 0 Å². The molecule has 74 valence electrons. The highest BCUT2D eigenvalue weighted by molar-refractivity contribution is 8.00. The molecule has 1 fully saturated rings. The van der Waals surface area contributed by atoms with Crippen LogP contribution in [-0.4, -0.2) is 17.8 Å². The van der Waals surface area contributed by atoms with E-state index < -0.39 is 0 Å². The van der Waals surface area contributed by atoms with Gasteiger partial charge in [-0.05, 0) is 24.3 Å². The molecule has 1 unspecified atom stereocenters. The first-order chi connectivity index (χ1) is 6.74. The number of cyclic esters (lactones) is 1. The van der Waals surface area contributed by atoms with Crippen molar-refractivity contribution in [3.63, 3.8) is 0 Å². The van der Waals surface area contributed by atoms with Crippen molar-refractivity contribution in [2.45, 2.75) is 16.6 Å².